The zero-order valence-electron chi connectivity index (χ0n) is 11.8. The molecule has 16 heavy (non-hydrogen) atoms. The molecule has 0 aromatic heterocycles. The van der Waals surface area contributed by atoms with E-state index in [9.17, 15) is 0 Å². The van der Waals surface area contributed by atoms with E-state index in [0.717, 1.165) is 13.0 Å². The summed E-state index contributed by atoms with van der Waals surface area (Å²) in [5, 5.41) is 1.99. The van der Waals surface area contributed by atoms with Crippen molar-refractivity contribution in [1.29, 1.82) is 0 Å². The minimum absolute atomic E-state index is 0.623. The summed E-state index contributed by atoms with van der Waals surface area (Å²) in [6.45, 7) is 12.9. The van der Waals surface area contributed by atoms with Gasteiger partial charge in [-0.2, -0.15) is 0 Å². The zero-order chi connectivity index (χ0) is 12.6. The third-order valence-electron chi connectivity index (χ3n) is 2.45. The first-order valence-corrected chi connectivity index (χ1v) is 9.79. The van der Waals surface area contributed by atoms with Crippen LogP contribution >= 0.6 is 0 Å². The first kappa shape index (κ1) is 15.7. The molecule has 0 spiro atoms. The van der Waals surface area contributed by atoms with E-state index in [1.54, 1.807) is 0 Å². The summed E-state index contributed by atoms with van der Waals surface area (Å²) in [4.78, 5) is 0. The largest absolute Gasteiger partial charge is 0.360 e. The van der Waals surface area contributed by atoms with Crippen molar-refractivity contribution in [3.8, 4) is 0 Å². The molecular weight excluding hydrogens is 216 g/mol. The Morgan fingerprint density at radius 3 is 2.44 bits per heavy atom. The van der Waals surface area contributed by atoms with Crippen LogP contribution in [-0.2, 0) is 4.74 Å². The van der Waals surface area contributed by atoms with Gasteiger partial charge in [-0.3, -0.25) is 5.01 Å². The Hall–Kier alpha value is -0.323. The summed E-state index contributed by atoms with van der Waals surface area (Å²) in [5.41, 5.74) is 4.46. The second kappa shape index (κ2) is 7.87. The van der Waals surface area contributed by atoms with Gasteiger partial charge in [-0.05, 0) is 19.4 Å². The first-order valence-electron chi connectivity index (χ1n) is 6.08. The van der Waals surface area contributed by atoms with Crippen LogP contribution in [0, 0.1) is 0 Å². The maximum atomic E-state index is 5.66. The van der Waals surface area contributed by atoms with Gasteiger partial charge in [-0.15, -0.1) is 0 Å². The maximum Gasteiger partial charge on any atom is 0.132 e. The van der Waals surface area contributed by atoms with Crippen molar-refractivity contribution in [3.63, 3.8) is 0 Å². The predicted molar refractivity (Wildman–Crippen MR) is 73.9 cm³/mol. The van der Waals surface area contributed by atoms with Crippen LogP contribution in [0.2, 0.25) is 25.7 Å². The summed E-state index contributed by atoms with van der Waals surface area (Å²) in [6.07, 6.45) is 3.18. The van der Waals surface area contributed by atoms with Crippen molar-refractivity contribution in [2.75, 3.05) is 20.4 Å². The molecule has 0 atom stereocenters. The number of hydrogen-bond acceptors (Lipinski definition) is 3. The van der Waals surface area contributed by atoms with Crippen LogP contribution < -0.4 is 5.43 Å². The topological polar surface area (TPSA) is 24.5 Å². The van der Waals surface area contributed by atoms with Crippen molar-refractivity contribution >= 4 is 8.07 Å². The van der Waals surface area contributed by atoms with Gasteiger partial charge in [-0.1, -0.05) is 32.1 Å². The lowest BCUT2D eigenvalue weighted by atomic mass is 10.3. The average Bonchev–Trinajstić information content (AvgIpc) is 2.20. The van der Waals surface area contributed by atoms with Crippen molar-refractivity contribution in [1.82, 2.24) is 10.4 Å². The standard InChI is InChI=1S/C12H28N2OSi/c1-7-12(2)10-14(13-3)11-15-8-9-16(4,5)6/h10,13H,7-9,11H2,1-6H3. The molecule has 0 bridgehead atoms. The predicted octanol–water partition coefficient (Wildman–Crippen LogP) is 3.05. The third kappa shape index (κ3) is 8.94. The van der Waals surface area contributed by atoms with Crippen LogP contribution in [0.3, 0.4) is 0 Å². The lowest BCUT2D eigenvalue weighted by Gasteiger charge is -2.21. The Kier molecular flexibility index (Phi) is 7.71. The Balaban J connectivity index is 3.80. The molecular formula is C12H28N2OSi. The molecule has 0 aliphatic carbocycles. The van der Waals surface area contributed by atoms with Crippen LogP contribution in [-0.4, -0.2) is 33.5 Å². The molecule has 0 aliphatic heterocycles. The highest BCUT2D eigenvalue weighted by Crippen LogP contribution is 2.07. The summed E-state index contributed by atoms with van der Waals surface area (Å²) in [6, 6.07) is 1.22. The van der Waals surface area contributed by atoms with Crippen molar-refractivity contribution in [3.05, 3.63) is 11.8 Å². The summed E-state index contributed by atoms with van der Waals surface area (Å²) in [5.74, 6) is 0. The molecule has 0 saturated carbocycles. The van der Waals surface area contributed by atoms with Gasteiger partial charge in [0.1, 0.15) is 6.73 Å². The number of ether oxygens (including phenoxy) is 1. The van der Waals surface area contributed by atoms with E-state index in [1.165, 1.54) is 11.6 Å². The summed E-state index contributed by atoms with van der Waals surface area (Å²) >= 11 is 0. The Morgan fingerprint density at radius 2 is 2.00 bits per heavy atom. The van der Waals surface area contributed by atoms with E-state index in [4.69, 9.17) is 4.74 Å². The second-order valence-electron chi connectivity index (χ2n) is 5.37. The number of allylic oxidation sites excluding steroid dienone is 1. The Morgan fingerprint density at radius 1 is 1.38 bits per heavy atom. The molecule has 0 radical (unpaired) electrons. The van der Waals surface area contributed by atoms with Gasteiger partial charge in [-0.25, -0.2) is 5.43 Å². The number of hydrogen-bond donors (Lipinski definition) is 1. The maximum absolute atomic E-state index is 5.66. The number of nitrogens with zero attached hydrogens (tertiary/aromatic N) is 1. The molecule has 96 valence electrons. The van der Waals surface area contributed by atoms with Gasteiger partial charge in [0.2, 0.25) is 0 Å². The monoisotopic (exact) mass is 244 g/mol. The minimum Gasteiger partial charge on any atom is -0.360 e. The van der Waals surface area contributed by atoms with Gasteiger partial charge >= 0.3 is 0 Å². The van der Waals surface area contributed by atoms with Crippen LogP contribution in [0.5, 0.6) is 0 Å². The first-order chi connectivity index (χ1) is 7.39. The molecule has 3 nitrogen and oxygen atoms in total. The number of rotatable bonds is 8. The summed E-state index contributed by atoms with van der Waals surface area (Å²) in [7, 11) is 0.960. The molecule has 0 fully saturated rings. The lowest BCUT2D eigenvalue weighted by molar-refractivity contribution is 0.0403. The quantitative estimate of drug-likeness (QED) is 0.307. The third-order valence-corrected chi connectivity index (χ3v) is 4.15. The van der Waals surface area contributed by atoms with Gasteiger partial charge in [0.25, 0.3) is 0 Å². The molecule has 0 rings (SSSR count). The second-order valence-corrected chi connectivity index (χ2v) is 11.0. The van der Waals surface area contributed by atoms with E-state index < -0.39 is 8.07 Å². The molecule has 0 aromatic rings. The number of hydrazine groups is 1. The Bertz CT molecular complexity index is 212. The highest BCUT2D eigenvalue weighted by molar-refractivity contribution is 6.76. The normalized spacial score (nSPS) is 13.0. The molecule has 4 heteroatoms. The Labute approximate surface area is 102 Å². The molecule has 0 aromatic carbocycles. The molecule has 0 heterocycles. The average molecular weight is 244 g/mol. The van der Waals surface area contributed by atoms with E-state index >= 15 is 0 Å². The molecule has 1 N–H and O–H groups in total. The van der Waals surface area contributed by atoms with Crippen LogP contribution in [0.15, 0.2) is 11.8 Å². The highest BCUT2D eigenvalue weighted by Gasteiger charge is 2.12. The molecule has 0 saturated heterocycles. The van der Waals surface area contributed by atoms with Gasteiger partial charge < -0.3 is 4.74 Å². The summed E-state index contributed by atoms with van der Waals surface area (Å²) < 4.78 is 5.66. The fraction of sp³-hybridized carbons (Fsp3) is 0.833. The minimum atomic E-state index is -0.958. The van der Waals surface area contributed by atoms with E-state index in [2.05, 4.69) is 45.1 Å². The highest BCUT2D eigenvalue weighted by atomic mass is 28.3. The van der Waals surface area contributed by atoms with E-state index in [-0.39, 0.29) is 0 Å². The SMILES string of the molecule is CCC(C)=CN(COCC[Si](C)(C)C)NC. The smallest absolute Gasteiger partial charge is 0.132 e. The van der Waals surface area contributed by atoms with Crippen molar-refractivity contribution in [2.45, 2.75) is 46.0 Å². The fourth-order valence-electron chi connectivity index (χ4n) is 1.06. The number of nitrogens with one attached hydrogen (secondary N) is 1. The van der Waals surface area contributed by atoms with Gasteiger partial charge in [0, 0.05) is 27.9 Å². The van der Waals surface area contributed by atoms with E-state index in [1.807, 2.05) is 12.1 Å². The molecule has 0 aliphatic rings. The van der Waals surface area contributed by atoms with Crippen molar-refractivity contribution < 1.29 is 4.74 Å². The molecule has 0 unspecified atom stereocenters. The molecule has 0 amide bonds. The lowest BCUT2D eigenvalue weighted by Crippen LogP contribution is -2.33. The fourth-order valence-corrected chi connectivity index (χ4v) is 1.82. The van der Waals surface area contributed by atoms with Gasteiger partial charge in [0.15, 0.2) is 0 Å². The van der Waals surface area contributed by atoms with Crippen molar-refractivity contribution in [2.24, 2.45) is 0 Å². The van der Waals surface area contributed by atoms with Crippen LogP contribution in [0.4, 0.5) is 0 Å². The van der Waals surface area contributed by atoms with Crippen LogP contribution in [0.25, 0.3) is 0 Å². The van der Waals surface area contributed by atoms with Crippen LogP contribution in [0.1, 0.15) is 20.3 Å². The zero-order valence-corrected chi connectivity index (χ0v) is 12.8. The van der Waals surface area contributed by atoms with Gasteiger partial charge in [0.05, 0.1) is 0 Å². The van der Waals surface area contributed by atoms with E-state index in [0.29, 0.717) is 6.73 Å².